The van der Waals surface area contributed by atoms with E-state index in [1.807, 2.05) is 0 Å². The van der Waals surface area contributed by atoms with E-state index in [1.165, 1.54) is 0 Å². The summed E-state index contributed by atoms with van der Waals surface area (Å²) in [6, 6.07) is 0. The highest BCUT2D eigenvalue weighted by Gasteiger charge is 2.14. The lowest BCUT2D eigenvalue weighted by Crippen LogP contribution is -1.75. The molecule has 0 atom stereocenters. The molecular formula is C4H6Cl3OP. The fraction of sp³-hybridized carbons (Fsp3) is 0.500. The minimum atomic E-state index is -2.99. The van der Waals surface area contributed by atoms with Gasteiger partial charge >= 0.3 is 0 Å². The molecule has 0 aliphatic carbocycles. The Kier molecular flexibility index (Phi) is 4.24. The molecule has 0 saturated carbocycles. The monoisotopic (exact) mass is 206 g/mol. The Labute approximate surface area is 68.9 Å². The van der Waals surface area contributed by atoms with Crippen LogP contribution in [0.2, 0.25) is 0 Å². The molecule has 0 bridgehead atoms. The van der Waals surface area contributed by atoms with Gasteiger partial charge in [-0.3, -0.25) is 4.57 Å². The van der Waals surface area contributed by atoms with Crippen LogP contribution in [0.15, 0.2) is 11.1 Å². The van der Waals surface area contributed by atoms with Gasteiger partial charge in [0, 0.05) is 5.03 Å². The molecule has 0 N–H and O–H groups in total. The van der Waals surface area contributed by atoms with E-state index in [4.69, 9.17) is 34.1 Å². The highest BCUT2D eigenvalue weighted by Crippen LogP contribution is 2.57. The first-order chi connectivity index (χ1) is 3.95. The smallest absolute Gasteiger partial charge is 0.258 e. The van der Waals surface area contributed by atoms with Crippen molar-refractivity contribution >= 4 is 39.9 Å². The van der Waals surface area contributed by atoms with E-state index in [9.17, 15) is 4.57 Å². The predicted octanol–water partition coefficient (Wildman–Crippen LogP) is 3.80. The van der Waals surface area contributed by atoms with Gasteiger partial charge in [0.1, 0.15) is 0 Å². The lowest BCUT2D eigenvalue weighted by molar-refractivity contribution is 0.594. The molecule has 0 aromatic carbocycles. The number of allylic oxidation sites excluding steroid dienone is 2. The molecule has 0 unspecified atom stereocenters. The second-order valence-electron chi connectivity index (χ2n) is 1.46. The Morgan fingerprint density at radius 2 is 2.11 bits per heavy atom. The normalized spacial score (nSPS) is 14.0. The van der Waals surface area contributed by atoms with E-state index in [-0.39, 0.29) is 6.16 Å². The first-order valence-corrected chi connectivity index (χ1v) is 6.33. The predicted molar refractivity (Wildman–Crippen MR) is 43.8 cm³/mol. The molecule has 0 aromatic rings. The largest absolute Gasteiger partial charge is 0.289 e. The standard InChI is InChI=1S/C4H6Cl3OP/c1-2-4(5)3-9(6,7)8/h2H,3H2,1H3/b4-2-. The van der Waals surface area contributed by atoms with Crippen LogP contribution in [-0.2, 0) is 4.57 Å². The van der Waals surface area contributed by atoms with Gasteiger partial charge in [-0.05, 0) is 29.4 Å². The van der Waals surface area contributed by atoms with Crippen LogP contribution in [0.5, 0.6) is 0 Å². The maximum Gasteiger partial charge on any atom is 0.258 e. The lowest BCUT2D eigenvalue weighted by Gasteiger charge is -1.97. The molecule has 0 aromatic heterocycles. The Morgan fingerprint density at radius 3 is 2.22 bits per heavy atom. The van der Waals surface area contributed by atoms with Crippen LogP contribution in [0, 0.1) is 0 Å². The minimum absolute atomic E-state index is 0.0637. The van der Waals surface area contributed by atoms with Crippen LogP contribution in [0.3, 0.4) is 0 Å². The zero-order chi connectivity index (χ0) is 7.49. The summed E-state index contributed by atoms with van der Waals surface area (Å²) in [5, 5.41) is 0.434. The third kappa shape index (κ3) is 6.73. The van der Waals surface area contributed by atoms with Crippen molar-refractivity contribution in [2.75, 3.05) is 6.16 Å². The molecule has 0 radical (unpaired) electrons. The molecule has 0 rings (SSSR count). The lowest BCUT2D eigenvalue weighted by atomic mass is 10.6. The molecule has 5 heteroatoms. The molecule has 0 heterocycles. The van der Waals surface area contributed by atoms with Gasteiger partial charge in [-0.2, -0.15) is 0 Å². The van der Waals surface area contributed by atoms with Gasteiger partial charge in [0.25, 0.3) is 5.85 Å². The molecule has 0 saturated heterocycles. The van der Waals surface area contributed by atoms with Gasteiger partial charge in [0.2, 0.25) is 0 Å². The molecule has 9 heavy (non-hydrogen) atoms. The third-order valence-corrected chi connectivity index (χ3v) is 2.61. The summed E-state index contributed by atoms with van der Waals surface area (Å²) in [6.07, 6.45) is 1.67. The van der Waals surface area contributed by atoms with Crippen LogP contribution in [0.25, 0.3) is 0 Å². The zero-order valence-corrected chi connectivity index (χ0v) is 7.94. The summed E-state index contributed by atoms with van der Waals surface area (Å²) in [7, 11) is 0. The third-order valence-electron chi connectivity index (χ3n) is 0.648. The van der Waals surface area contributed by atoms with Gasteiger partial charge in [-0.15, -0.1) is 0 Å². The number of hydrogen-bond donors (Lipinski definition) is 0. The van der Waals surface area contributed by atoms with E-state index in [2.05, 4.69) is 0 Å². The van der Waals surface area contributed by atoms with Crippen molar-refractivity contribution in [1.29, 1.82) is 0 Å². The molecule has 0 amide bonds. The van der Waals surface area contributed by atoms with Crippen LogP contribution in [0.4, 0.5) is 0 Å². The van der Waals surface area contributed by atoms with Gasteiger partial charge in [-0.1, -0.05) is 17.7 Å². The Bertz CT molecular complexity index is 159. The fourth-order valence-corrected chi connectivity index (χ4v) is 2.45. The van der Waals surface area contributed by atoms with Crippen molar-refractivity contribution in [3.63, 3.8) is 0 Å². The second-order valence-corrected chi connectivity index (χ2v) is 7.20. The van der Waals surface area contributed by atoms with Crippen LogP contribution in [0.1, 0.15) is 6.92 Å². The molecule has 1 nitrogen and oxygen atoms in total. The maximum atomic E-state index is 10.6. The van der Waals surface area contributed by atoms with E-state index in [0.29, 0.717) is 5.03 Å². The van der Waals surface area contributed by atoms with Crippen LogP contribution >= 0.6 is 39.9 Å². The van der Waals surface area contributed by atoms with Gasteiger partial charge in [0.05, 0.1) is 6.16 Å². The number of rotatable bonds is 2. The molecule has 54 valence electrons. The maximum absolute atomic E-state index is 10.6. The first kappa shape index (κ1) is 9.84. The van der Waals surface area contributed by atoms with Gasteiger partial charge in [0.15, 0.2) is 0 Å². The average Bonchev–Trinajstić information content (AvgIpc) is 1.62. The van der Waals surface area contributed by atoms with Crippen molar-refractivity contribution in [3.8, 4) is 0 Å². The molecule has 0 aliphatic rings. The Morgan fingerprint density at radius 1 is 1.67 bits per heavy atom. The summed E-state index contributed by atoms with van der Waals surface area (Å²) in [5.41, 5.74) is 0. The number of halogens is 3. The first-order valence-electron chi connectivity index (χ1n) is 2.25. The Balaban J connectivity index is 3.90. The summed E-state index contributed by atoms with van der Waals surface area (Å²) < 4.78 is 10.6. The van der Waals surface area contributed by atoms with Crippen LogP contribution in [-0.4, -0.2) is 6.16 Å². The van der Waals surface area contributed by atoms with Gasteiger partial charge < -0.3 is 0 Å². The van der Waals surface area contributed by atoms with Crippen molar-refractivity contribution in [2.45, 2.75) is 6.92 Å². The van der Waals surface area contributed by atoms with Crippen LogP contribution < -0.4 is 0 Å². The molecule has 0 aliphatic heterocycles. The second kappa shape index (κ2) is 3.88. The topological polar surface area (TPSA) is 17.1 Å². The van der Waals surface area contributed by atoms with Crippen molar-refractivity contribution in [1.82, 2.24) is 0 Å². The SMILES string of the molecule is C/C=C(\Cl)CP(=O)(Cl)Cl. The van der Waals surface area contributed by atoms with Crippen molar-refractivity contribution in [2.24, 2.45) is 0 Å². The molecule has 0 fully saturated rings. The Hall–Kier alpha value is 0.840. The number of hydrogen-bond acceptors (Lipinski definition) is 1. The zero-order valence-electron chi connectivity index (χ0n) is 4.77. The molecule has 0 spiro atoms. The van der Waals surface area contributed by atoms with E-state index < -0.39 is 5.85 Å². The molecular weight excluding hydrogens is 201 g/mol. The summed E-state index contributed by atoms with van der Waals surface area (Å²) in [5.74, 6) is -2.99. The minimum Gasteiger partial charge on any atom is -0.289 e. The van der Waals surface area contributed by atoms with E-state index >= 15 is 0 Å². The fourth-order valence-electron chi connectivity index (χ4n) is 0.267. The quantitative estimate of drug-likeness (QED) is 0.630. The average molecular weight is 207 g/mol. The summed E-state index contributed by atoms with van der Waals surface area (Å²) >= 11 is 15.9. The van der Waals surface area contributed by atoms with Gasteiger partial charge in [-0.25, -0.2) is 0 Å². The summed E-state index contributed by atoms with van der Waals surface area (Å²) in [6.45, 7) is 1.73. The summed E-state index contributed by atoms with van der Waals surface area (Å²) in [4.78, 5) is 0. The van der Waals surface area contributed by atoms with E-state index in [1.54, 1.807) is 13.0 Å². The van der Waals surface area contributed by atoms with E-state index in [0.717, 1.165) is 0 Å². The van der Waals surface area contributed by atoms with Crippen molar-refractivity contribution < 1.29 is 4.57 Å². The highest BCUT2D eigenvalue weighted by atomic mass is 35.9. The highest BCUT2D eigenvalue weighted by molar-refractivity contribution is 8.08. The van der Waals surface area contributed by atoms with Crippen molar-refractivity contribution in [3.05, 3.63) is 11.1 Å².